The molecule has 0 aromatic heterocycles. The normalized spacial score (nSPS) is 15.8. The summed E-state index contributed by atoms with van der Waals surface area (Å²) >= 11 is 0. The van der Waals surface area contributed by atoms with Crippen molar-refractivity contribution in [1.29, 1.82) is 0 Å². The largest absolute Gasteiger partial charge is 0.492 e. The molecule has 6 heteroatoms. The first-order valence-electron chi connectivity index (χ1n) is 7.72. The van der Waals surface area contributed by atoms with E-state index in [2.05, 4.69) is 0 Å². The Kier molecular flexibility index (Phi) is 4.52. The maximum Gasteiger partial charge on any atom is 0.308 e. The lowest BCUT2D eigenvalue weighted by Crippen LogP contribution is -2.26. The molecule has 0 unspecified atom stereocenters. The van der Waals surface area contributed by atoms with Gasteiger partial charge >= 0.3 is 11.9 Å². The first-order chi connectivity index (χ1) is 11.9. The molecule has 0 bridgehead atoms. The molecule has 0 fully saturated rings. The van der Waals surface area contributed by atoms with Crippen LogP contribution in [-0.4, -0.2) is 24.3 Å². The lowest BCUT2D eigenvalue weighted by molar-refractivity contribution is -0.132. The summed E-state index contributed by atoms with van der Waals surface area (Å²) in [5, 5.41) is 0. The molecular formula is C19H16O6. The number of benzene rings is 2. The maximum absolute atomic E-state index is 12.7. The van der Waals surface area contributed by atoms with Gasteiger partial charge in [0.25, 0.3) is 0 Å². The van der Waals surface area contributed by atoms with Gasteiger partial charge in [0.1, 0.15) is 23.9 Å². The van der Waals surface area contributed by atoms with Crippen LogP contribution in [0.15, 0.2) is 42.5 Å². The zero-order chi connectivity index (χ0) is 18.0. The highest BCUT2D eigenvalue weighted by atomic mass is 16.5. The zero-order valence-electron chi connectivity index (χ0n) is 13.8. The number of ketones is 1. The van der Waals surface area contributed by atoms with Crippen molar-refractivity contribution in [3.8, 4) is 17.2 Å². The van der Waals surface area contributed by atoms with E-state index in [1.54, 1.807) is 36.4 Å². The second-order valence-corrected chi connectivity index (χ2v) is 5.64. The lowest BCUT2D eigenvalue weighted by atomic mass is 9.89. The Morgan fingerprint density at radius 2 is 1.56 bits per heavy atom. The quantitative estimate of drug-likeness (QED) is 0.631. The topological polar surface area (TPSA) is 78.9 Å². The summed E-state index contributed by atoms with van der Waals surface area (Å²) in [4.78, 5) is 34.7. The molecule has 0 aliphatic carbocycles. The van der Waals surface area contributed by atoms with Gasteiger partial charge in [0, 0.05) is 19.9 Å². The van der Waals surface area contributed by atoms with Gasteiger partial charge < -0.3 is 14.2 Å². The fourth-order valence-electron chi connectivity index (χ4n) is 2.67. The summed E-state index contributed by atoms with van der Waals surface area (Å²) in [6, 6.07) is 11.5. The molecule has 3 rings (SSSR count). The van der Waals surface area contributed by atoms with Crippen molar-refractivity contribution in [3.63, 3.8) is 0 Å². The van der Waals surface area contributed by atoms with Gasteiger partial charge in [-0.05, 0) is 29.8 Å². The molecule has 2 aromatic carbocycles. The predicted octanol–water partition coefficient (Wildman–Crippen LogP) is 2.90. The Morgan fingerprint density at radius 1 is 0.960 bits per heavy atom. The fraction of sp³-hybridized carbons (Fsp3) is 0.211. The van der Waals surface area contributed by atoms with Gasteiger partial charge in [-0.25, -0.2) is 0 Å². The molecule has 1 heterocycles. The molecule has 0 radical (unpaired) electrons. The second-order valence-electron chi connectivity index (χ2n) is 5.64. The van der Waals surface area contributed by atoms with E-state index >= 15 is 0 Å². The first-order valence-corrected chi connectivity index (χ1v) is 7.72. The van der Waals surface area contributed by atoms with Gasteiger partial charge in [0.05, 0.1) is 11.5 Å². The lowest BCUT2D eigenvalue weighted by Gasteiger charge is -2.24. The van der Waals surface area contributed by atoms with Crippen LogP contribution in [0.25, 0.3) is 0 Å². The Labute approximate surface area is 144 Å². The number of hydrogen-bond acceptors (Lipinski definition) is 6. The molecule has 0 spiro atoms. The number of hydrogen-bond donors (Lipinski definition) is 0. The van der Waals surface area contributed by atoms with Gasteiger partial charge in [0.2, 0.25) is 0 Å². The van der Waals surface area contributed by atoms with E-state index in [-0.39, 0.29) is 12.4 Å². The molecule has 0 saturated heterocycles. The Morgan fingerprint density at radius 3 is 2.20 bits per heavy atom. The third-order valence-electron chi connectivity index (χ3n) is 3.75. The van der Waals surface area contributed by atoms with Crippen LogP contribution in [0.4, 0.5) is 0 Å². The molecule has 6 nitrogen and oxygen atoms in total. The van der Waals surface area contributed by atoms with Crippen molar-refractivity contribution in [3.05, 3.63) is 53.6 Å². The number of esters is 2. The van der Waals surface area contributed by atoms with Crippen molar-refractivity contribution < 1.29 is 28.6 Å². The summed E-state index contributed by atoms with van der Waals surface area (Å²) in [5.74, 6) is -0.198. The Hall–Kier alpha value is -3.15. The van der Waals surface area contributed by atoms with Crippen molar-refractivity contribution >= 4 is 17.7 Å². The first kappa shape index (κ1) is 16.7. The summed E-state index contributed by atoms with van der Waals surface area (Å²) in [7, 11) is 0. The number of fused-ring (bicyclic) bond motifs is 1. The number of ether oxygens (including phenoxy) is 3. The van der Waals surface area contributed by atoms with E-state index in [0.717, 1.165) is 5.56 Å². The zero-order valence-corrected chi connectivity index (χ0v) is 13.8. The molecule has 25 heavy (non-hydrogen) atoms. The van der Waals surface area contributed by atoms with Crippen molar-refractivity contribution in [2.24, 2.45) is 0 Å². The summed E-state index contributed by atoms with van der Waals surface area (Å²) in [5.41, 5.74) is 1.21. The molecule has 1 aliphatic rings. The molecule has 0 amide bonds. The highest BCUT2D eigenvalue weighted by Crippen LogP contribution is 2.35. The van der Waals surface area contributed by atoms with Gasteiger partial charge in [-0.3, -0.25) is 14.4 Å². The highest BCUT2D eigenvalue weighted by Gasteiger charge is 2.30. The number of Topliss-reactive ketones (excluding diaryl/α,β-unsaturated/α-hetero) is 1. The third kappa shape index (κ3) is 3.68. The van der Waals surface area contributed by atoms with Gasteiger partial charge in [-0.1, -0.05) is 12.1 Å². The van der Waals surface area contributed by atoms with Crippen molar-refractivity contribution in [1.82, 2.24) is 0 Å². The minimum atomic E-state index is -0.446. The van der Waals surface area contributed by atoms with Crippen LogP contribution in [0, 0.1) is 0 Å². The molecular weight excluding hydrogens is 324 g/mol. The molecule has 128 valence electrons. The average Bonchev–Trinajstić information content (AvgIpc) is 2.55. The average molecular weight is 340 g/mol. The Balaban J connectivity index is 1.81. The summed E-state index contributed by atoms with van der Waals surface area (Å²) in [6.07, 6.45) is 0. The van der Waals surface area contributed by atoms with E-state index < -0.39 is 17.9 Å². The van der Waals surface area contributed by atoms with E-state index in [9.17, 15) is 14.4 Å². The number of carbonyl (C=O) groups is 3. The van der Waals surface area contributed by atoms with E-state index in [1.165, 1.54) is 19.9 Å². The van der Waals surface area contributed by atoms with Crippen LogP contribution >= 0.6 is 0 Å². The predicted molar refractivity (Wildman–Crippen MR) is 88.1 cm³/mol. The second kappa shape index (κ2) is 6.76. The van der Waals surface area contributed by atoms with Gasteiger partial charge in [0.15, 0.2) is 5.78 Å². The standard InChI is InChI=1S/C19H16O6/c1-11(20)24-14-5-3-13(4-6-14)17-10-23-18-9-15(25-12(2)21)7-8-16(18)19(17)22/h3-9,17H,10H2,1-2H3/t17-/m1/s1. The monoisotopic (exact) mass is 340 g/mol. The van der Waals surface area contributed by atoms with Crippen LogP contribution < -0.4 is 14.2 Å². The van der Waals surface area contributed by atoms with Gasteiger partial charge in [-0.15, -0.1) is 0 Å². The van der Waals surface area contributed by atoms with E-state index in [4.69, 9.17) is 14.2 Å². The minimum absolute atomic E-state index is 0.0733. The Bertz CT molecular complexity index is 837. The van der Waals surface area contributed by atoms with E-state index in [0.29, 0.717) is 22.8 Å². The van der Waals surface area contributed by atoms with Crippen molar-refractivity contribution in [2.75, 3.05) is 6.61 Å². The summed E-state index contributed by atoms with van der Waals surface area (Å²) < 4.78 is 15.7. The third-order valence-corrected chi connectivity index (χ3v) is 3.75. The molecule has 2 aromatic rings. The van der Waals surface area contributed by atoms with Crippen molar-refractivity contribution in [2.45, 2.75) is 19.8 Å². The number of rotatable bonds is 3. The highest BCUT2D eigenvalue weighted by molar-refractivity contribution is 6.04. The molecule has 1 atom stereocenters. The van der Waals surface area contributed by atoms with Crippen LogP contribution in [0.2, 0.25) is 0 Å². The maximum atomic E-state index is 12.7. The summed E-state index contributed by atoms with van der Waals surface area (Å²) in [6.45, 7) is 2.82. The number of carbonyl (C=O) groups excluding carboxylic acids is 3. The molecule has 1 aliphatic heterocycles. The van der Waals surface area contributed by atoms with Crippen LogP contribution in [0.1, 0.15) is 35.7 Å². The minimum Gasteiger partial charge on any atom is -0.492 e. The van der Waals surface area contributed by atoms with Crippen LogP contribution in [0.5, 0.6) is 17.2 Å². The SMILES string of the molecule is CC(=O)Oc1ccc([C@H]2COc3cc(OC(C)=O)ccc3C2=O)cc1. The molecule has 0 saturated carbocycles. The van der Waals surface area contributed by atoms with Crippen LogP contribution in [-0.2, 0) is 9.59 Å². The fourth-order valence-corrected chi connectivity index (χ4v) is 2.67. The van der Waals surface area contributed by atoms with Gasteiger partial charge in [-0.2, -0.15) is 0 Å². The van der Waals surface area contributed by atoms with E-state index in [1.807, 2.05) is 0 Å². The smallest absolute Gasteiger partial charge is 0.308 e. The van der Waals surface area contributed by atoms with Crippen LogP contribution in [0.3, 0.4) is 0 Å². The molecule has 0 N–H and O–H groups in total.